The van der Waals surface area contributed by atoms with Crippen LogP contribution in [0.3, 0.4) is 0 Å². The van der Waals surface area contributed by atoms with Crippen molar-refractivity contribution in [2.24, 2.45) is 5.92 Å². The zero-order valence-corrected chi connectivity index (χ0v) is 8.18. The summed E-state index contributed by atoms with van der Waals surface area (Å²) in [4.78, 5) is 11.6. The second-order valence-corrected chi connectivity index (χ2v) is 3.99. The van der Waals surface area contributed by atoms with E-state index < -0.39 is 6.10 Å². The number of aliphatic hydroxyl groups excluding tert-OH is 1. The molecule has 1 aromatic rings. The molecular formula is C12H14O2. The van der Waals surface area contributed by atoms with Crippen molar-refractivity contribution in [1.82, 2.24) is 0 Å². The van der Waals surface area contributed by atoms with Crippen LogP contribution in [0.15, 0.2) is 30.3 Å². The third kappa shape index (κ3) is 1.46. The lowest BCUT2D eigenvalue weighted by Gasteiger charge is -2.15. The number of Topliss-reactive ketones (excluding diaryl/α,β-unsaturated/α-hetero) is 1. The Balaban J connectivity index is 2.31. The van der Waals surface area contributed by atoms with Crippen LogP contribution in [0.2, 0.25) is 0 Å². The molecule has 14 heavy (non-hydrogen) atoms. The Kier molecular flexibility index (Phi) is 2.38. The van der Waals surface area contributed by atoms with Crippen molar-refractivity contribution < 1.29 is 9.90 Å². The smallest absolute Gasteiger partial charge is 0.143 e. The van der Waals surface area contributed by atoms with Gasteiger partial charge in [-0.15, -0.1) is 0 Å². The van der Waals surface area contributed by atoms with Gasteiger partial charge in [-0.25, -0.2) is 0 Å². The van der Waals surface area contributed by atoms with E-state index in [4.69, 9.17) is 0 Å². The van der Waals surface area contributed by atoms with Crippen molar-refractivity contribution in [3.05, 3.63) is 35.9 Å². The van der Waals surface area contributed by atoms with Crippen molar-refractivity contribution in [2.75, 3.05) is 0 Å². The van der Waals surface area contributed by atoms with Crippen molar-refractivity contribution >= 4 is 5.78 Å². The summed E-state index contributed by atoms with van der Waals surface area (Å²) in [6, 6.07) is 9.71. The zero-order chi connectivity index (χ0) is 10.1. The number of hydrogen-bond donors (Lipinski definition) is 1. The average molecular weight is 190 g/mol. The molecular weight excluding hydrogens is 176 g/mol. The van der Waals surface area contributed by atoms with E-state index in [1.165, 1.54) is 0 Å². The number of rotatable bonds is 1. The van der Waals surface area contributed by atoms with Gasteiger partial charge in [-0.2, -0.15) is 0 Å². The number of carbonyl (C=O) groups is 1. The highest BCUT2D eigenvalue weighted by Crippen LogP contribution is 2.36. The molecule has 0 radical (unpaired) electrons. The molecule has 0 unspecified atom stereocenters. The topological polar surface area (TPSA) is 37.3 Å². The molecule has 2 heteroatoms. The highest BCUT2D eigenvalue weighted by molar-refractivity contribution is 5.88. The van der Waals surface area contributed by atoms with E-state index in [-0.39, 0.29) is 17.6 Å². The summed E-state index contributed by atoms with van der Waals surface area (Å²) in [6.45, 7) is 1.94. The molecule has 3 atom stereocenters. The van der Waals surface area contributed by atoms with Gasteiger partial charge in [0.25, 0.3) is 0 Å². The number of benzene rings is 1. The van der Waals surface area contributed by atoms with Gasteiger partial charge in [-0.1, -0.05) is 37.3 Å². The monoisotopic (exact) mass is 190 g/mol. The number of carbonyl (C=O) groups excluding carboxylic acids is 1. The minimum absolute atomic E-state index is 0.0462. The first kappa shape index (κ1) is 9.41. The molecule has 0 bridgehead atoms. The molecule has 1 fully saturated rings. The van der Waals surface area contributed by atoms with Gasteiger partial charge in [0, 0.05) is 12.3 Å². The normalized spacial score (nSPS) is 32.1. The Hall–Kier alpha value is -1.15. The summed E-state index contributed by atoms with van der Waals surface area (Å²) in [5, 5.41) is 9.58. The fourth-order valence-electron chi connectivity index (χ4n) is 2.18. The Morgan fingerprint density at radius 3 is 2.43 bits per heavy atom. The van der Waals surface area contributed by atoms with Crippen molar-refractivity contribution in [1.29, 1.82) is 0 Å². The fourth-order valence-corrected chi connectivity index (χ4v) is 2.18. The molecule has 1 aromatic carbocycles. The molecule has 2 nitrogen and oxygen atoms in total. The van der Waals surface area contributed by atoms with E-state index in [0.29, 0.717) is 6.42 Å². The van der Waals surface area contributed by atoms with Crippen LogP contribution in [-0.4, -0.2) is 17.0 Å². The maximum Gasteiger partial charge on any atom is 0.143 e. The number of ketones is 1. The standard InChI is InChI=1S/C12H14O2/c1-8-10(13)7-11(14)12(8)9-5-3-2-4-6-9/h2-6,8,10,12-13H,7H2,1H3/t8-,10-,12-/m0/s1. The van der Waals surface area contributed by atoms with E-state index in [9.17, 15) is 9.90 Å². The third-order valence-corrected chi connectivity index (χ3v) is 3.05. The molecule has 0 saturated heterocycles. The van der Waals surface area contributed by atoms with E-state index >= 15 is 0 Å². The zero-order valence-electron chi connectivity index (χ0n) is 8.18. The molecule has 1 aliphatic rings. The third-order valence-electron chi connectivity index (χ3n) is 3.05. The van der Waals surface area contributed by atoms with Crippen LogP contribution < -0.4 is 0 Å². The van der Waals surface area contributed by atoms with Gasteiger partial charge in [0.05, 0.1) is 6.10 Å². The lowest BCUT2D eigenvalue weighted by Crippen LogP contribution is -2.15. The highest BCUT2D eigenvalue weighted by Gasteiger charge is 2.39. The Bertz CT molecular complexity index is 331. The molecule has 0 aromatic heterocycles. The number of hydrogen-bond acceptors (Lipinski definition) is 2. The van der Waals surface area contributed by atoms with Gasteiger partial charge in [-0.3, -0.25) is 4.79 Å². The van der Waals surface area contributed by atoms with Crippen LogP contribution >= 0.6 is 0 Å². The molecule has 1 saturated carbocycles. The molecule has 0 aliphatic heterocycles. The van der Waals surface area contributed by atoms with Crippen LogP contribution in [-0.2, 0) is 4.79 Å². The van der Waals surface area contributed by atoms with Gasteiger partial charge in [0.15, 0.2) is 0 Å². The van der Waals surface area contributed by atoms with E-state index in [1.807, 2.05) is 37.3 Å². The Morgan fingerprint density at radius 1 is 1.29 bits per heavy atom. The SMILES string of the molecule is C[C@@H]1[C@@H](c2ccccc2)C(=O)C[C@@H]1O. The maximum absolute atomic E-state index is 11.6. The highest BCUT2D eigenvalue weighted by atomic mass is 16.3. The Labute approximate surface area is 83.6 Å². The van der Waals surface area contributed by atoms with Crippen LogP contribution in [0.1, 0.15) is 24.8 Å². The molecule has 0 heterocycles. The quantitative estimate of drug-likeness (QED) is 0.732. The summed E-state index contributed by atoms with van der Waals surface area (Å²) in [7, 11) is 0. The molecule has 74 valence electrons. The molecule has 0 spiro atoms. The summed E-state index contributed by atoms with van der Waals surface area (Å²) in [5.41, 5.74) is 1.03. The maximum atomic E-state index is 11.6. The van der Waals surface area contributed by atoms with Gasteiger partial charge in [-0.05, 0) is 11.5 Å². The minimum Gasteiger partial charge on any atom is -0.392 e. The van der Waals surface area contributed by atoms with Gasteiger partial charge in [0.1, 0.15) is 5.78 Å². The van der Waals surface area contributed by atoms with Gasteiger partial charge >= 0.3 is 0 Å². The van der Waals surface area contributed by atoms with Crippen LogP contribution in [0.25, 0.3) is 0 Å². The first-order chi connectivity index (χ1) is 6.70. The summed E-state index contributed by atoms with van der Waals surface area (Å²) in [6.07, 6.45) is -0.159. The second kappa shape index (κ2) is 3.54. The second-order valence-electron chi connectivity index (χ2n) is 3.99. The predicted molar refractivity (Wildman–Crippen MR) is 54.0 cm³/mol. The van der Waals surface area contributed by atoms with Crippen molar-refractivity contribution in [2.45, 2.75) is 25.4 Å². The van der Waals surface area contributed by atoms with Crippen molar-refractivity contribution in [3.8, 4) is 0 Å². The van der Waals surface area contributed by atoms with E-state index in [2.05, 4.69) is 0 Å². The van der Waals surface area contributed by atoms with E-state index in [0.717, 1.165) is 5.56 Å². The molecule has 2 rings (SSSR count). The largest absolute Gasteiger partial charge is 0.392 e. The number of aliphatic hydroxyl groups is 1. The average Bonchev–Trinajstić information content (AvgIpc) is 2.43. The Morgan fingerprint density at radius 2 is 1.93 bits per heavy atom. The van der Waals surface area contributed by atoms with Crippen LogP contribution in [0.4, 0.5) is 0 Å². The first-order valence-corrected chi connectivity index (χ1v) is 4.96. The first-order valence-electron chi connectivity index (χ1n) is 4.96. The van der Waals surface area contributed by atoms with Gasteiger partial charge in [0.2, 0.25) is 0 Å². The molecule has 1 aliphatic carbocycles. The van der Waals surface area contributed by atoms with Gasteiger partial charge < -0.3 is 5.11 Å². The fraction of sp³-hybridized carbons (Fsp3) is 0.417. The predicted octanol–water partition coefficient (Wildman–Crippen LogP) is 1.74. The summed E-state index contributed by atoms with van der Waals surface area (Å²) in [5.74, 6) is 0.104. The summed E-state index contributed by atoms with van der Waals surface area (Å²) >= 11 is 0. The lowest BCUT2D eigenvalue weighted by atomic mass is 9.89. The summed E-state index contributed by atoms with van der Waals surface area (Å²) < 4.78 is 0. The van der Waals surface area contributed by atoms with Crippen LogP contribution in [0, 0.1) is 5.92 Å². The van der Waals surface area contributed by atoms with E-state index in [1.54, 1.807) is 0 Å². The van der Waals surface area contributed by atoms with Crippen molar-refractivity contribution in [3.63, 3.8) is 0 Å². The minimum atomic E-state index is -0.465. The lowest BCUT2D eigenvalue weighted by molar-refractivity contribution is -0.119. The molecule has 1 N–H and O–H groups in total. The molecule has 0 amide bonds. The van der Waals surface area contributed by atoms with Crippen LogP contribution in [0.5, 0.6) is 0 Å².